The van der Waals surface area contributed by atoms with Crippen molar-refractivity contribution >= 4 is 11.8 Å². The molecule has 0 radical (unpaired) electrons. The van der Waals surface area contributed by atoms with Gasteiger partial charge in [-0.05, 0) is 38.0 Å². The Morgan fingerprint density at radius 1 is 1.26 bits per heavy atom. The maximum Gasteiger partial charge on any atom is 0.242 e. The molecule has 0 aromatic heterocycles. The first-order chi connectivity index (χ1) is 9.04. The molecule has 2 amide bonds. The Labute approximate surface area is 114 Å². The Balaban J connectivity index is 2.01. The van der Waals surface area contributed by atoms with Crippen LogP contribution in [0.5, 0.6) is 0 Å². The van der Waals surface area contributed by atoms with Crippen LogP contribution in [0.2, 0.25) is 0 Å². The van der Waals surface area contributed by atoms with Crippen molar-refractivity contribution in [3.05, 3.63) is 0 Å². The van der Waals surface area contributed by atoms with Crippen LogP contribution in [0.4, 0.5) is 0 Å². The van der Waals surface area contributed by atoms with Crippen LogP contribution in [-0.2, 0) is 9.59 Å². The highest BCUT2D eigenvalue weighted by Crippen LogP contribution is 2.31. The second-order valence-electron chi connectivity index (χ2n) is 5.96. The van der Waals surface area contributed by atoms with Gasteiger partial charge in [0, 0.05) is 25.6 Å². The standard InChI is InChI=1S/C14H25N3O2/c1-9-5-6-10(8-11(9)15)14(19)17-7-3-4-12(17)13(18)16-2/h9-12H,3-8,15H2,1-2H3,(H,16,18). The molecule has 1 saturated carbocycles. The van der Waals surface area contributed by atoms with Gasteiger partial charge >= 0.3 is 0 Å². The van der Waals surface area contributed by atoms with Gasteiger partial charge in [-0.3, -0.25) is 9.59 Å². The molecule has 0 bridgehead atoms. The fraction of sp³-hybridized carbons (Fsp3) is 0.857. The van der Waals surface area contributed by atoms with Crippen LogP contribution in [0.1, 0.15) is 39.0 Å². The number of carbonyl (C=O) groups is 2. The van der Waals surface area contributed by atoms with E-state index in [1.54, 1.807) is 11.9 Å². The van der Waals surface area contributed by atoms with E-state index in [4.69, 9.17) is 5.73 Å². The predicted molar refractivity (Wildman–Crippen MR) is 73.3 cm³/mol. The van der Waals surface area contributed by atoms with Crippen LogP contribution < -0.4 is 11.1 Å². The molecule has 1 saturated heterocycles. The van der Waals surface area contributed by atoms with E-state index < -0.39 is 0 Å². The number of rotatable bonds is 2. The van der Waals surface area contributed by atoms with Crippen molar-refractivity contribution in [3.8, 4) is 0 Å². The Morgan fingerprint density at radius 3 is 2.63 bits per heavy atom. The molecule has 0 spiro atoms. The second-order valence-corrected chi connectivity index (χ2v) is 5.96. The summed E-state index contributed by atoms with van der Waals surface area (Å²) in [6, 6.07) is -0.156. The first-order valence-electron chi connectivity index (χ1n) is 7.32. The molecule has 3 N–H and O–H groups in total. The van der Waals surface area contributed by atoms with Crippen LogP contribution in [0.3, 0.4) is 0 Å². The third kappa shape index (κ3) is 2.91. The number of nitrogens with zero attached hydrogens (tertiary/aromatic N) is 1. The molecule has 108 valence electrons. The largest absolute Gasteiger partial charge is 0.357 e. The van der Waals surface area contributed by atoms with E-state index in [-0.39, 0.29) is 29.8 Å². The summed E-state index contributed by atoms with van der Waals surface area (Å²) in [7, 11) is 1.63. The van der Waals surface area contributed by atoms with Crippen LogP contribution in [-0.4, -0.2) is 42.4 Å². The molecule has 1 heterocycles. The topological polar surface area (TPSA) is 75.4 Å². The third-order valence-corrected chi connectivity index (χ3v) is 4.69. The van der Waals surface area contributed by atoms with Crippen LogP contribution in [0.25, 0.3) is 0 Å². The Kier molecular flexibility index (Phi) is 4.45. The first kappa shape index (κ1) is 14.3. The van der Waals surface area contributed by atoms with Crippen molar-refractivity contribution < 1.29 is 9.59 Å². The normalized spacial score (nSPS) is 35.2. The van der Waals surface area contributed by atoms with E-state index in [1.807, 2.05) is 0 Å². The summed E-state index contributed by atoms with van der Waals surface area (Å²) >= 11 is 0. The van der Waals surface area contributed by atoms with E-state index in [2.05, 4.69) is 12.2 Å². The average molecular weight is 267 g/mol. The molecule has 4 unspecified atom stereocenters. The minimum absolute atomic E-state index is 0.0106. The van der Waals surface area contributed by atoms with Gasteiger partial charge in [-0.1, -0.05) is 6.92 Å². The number of likely N-dealkylation sites (tertiary alicyclic amines) is 1. The number of likely N-dealkylation sites (N-methyl/N-ethyl adjacent to an activating group) is 1. The van der Waals surface area contributed by atoms with Crippen molar-refractivity contribution in [2.75, 3.05) is 13.6 Å². The maximum atomic E-state index is 12.6. The van der Waals surface area contributed by atoms with Crippen LogP contribution >= 0.6 is 0 Å². The van der Waals surface area contributed by atoms with Crippen molar-refractivity contribution in [1.82, 2.24) is 10.2 Å². The van der Waals surface area contributed by atoms with Crippen molar-refractivity contribution in [2.45, 2.75) is 51.1 Å². The van der Waals surface area contributed by atoms with Crippen molar-refractivity contribution in [2.24, 2.45) is 17.6 Å². The van der Waals surface area contributed by atoms with E-state index in [0.29, 0.717) is 12.5 Å². The Hall–Kier alpha value is -1.10. The summed E-state index contributed by atoms with van der Waals surface area (Å²) < 4.78 is 0. The summed E-state index contributed by atoms with van der Waals surface area (Å²) in [5, 5.41) is 2.65. The van der Waals surface area contributed by atoms with E-state index in [9.17, 15) is 9.59 Å². The second kappa shape index (κ2) is 5.90. The summed E-state index contributed by atoms with van der Waals surface area (Å²) in [5.74, 6) is 0.599. The van der Waals surface area contributed by atoms with Gasteiger partial charge in [0.15, 0.2) is 0 Å². The van der Waals surface area contributed by atoms with Crippen LogP contribution in [0, 0.1) is 11.8 Å². The molecule has 1 aliphatic carbocycles. The lowest BCUT2D eigenvalue weighted by molar-refractivity contribution is -0.142. The Bertz CT molecular complexity index is 359. The lowest BCUT2D eigenvalue weighted by Crippen LogP contribution is -2.49. The van der Waals surface area contributed by atoms with E-state index >= 15 is 0 Å². The van der Waals surface area contributed by atoms with E-state index in [1.165, 1.54) is 0 Å². The maximum absolute atomic E-state index is 12.6. The summed E-state index contributed by atoms with van der Waals surface area (Å²) in [6.07, 6.45) is 4.37. The zero-order chi connectivity index (χ0) is 14.0. The third-order valence-electron chi connectivity index (χ3n) is 4.69. The molecule has 19 heavy (non-hydrogen) atoms. The quantitative estimate of drug-likeness (QED) is 0.764. The molecule has 2 aliphatic rings. The Morgan fingerprint density at radius 2 is 2.00 bits per heavy atom. The smallest absolute Gasteiger partial charge is 0.242 e. The lowest BCUT2D eigenvalue weighted by atomic mass is 9.79. The van der Waals surface area contributed by atoms with Gasteiger partial charge in [-0.15, -0.1) is 0 Å². The highest BCUT2D eigenvalue weighted by atomic mass is 16.2. The molecule has 1 aliphatic heterocycles. The highest BCUT2D eigenvalue weighted by Gasteiger charge is 2.38. The molecule has 2 fully saturated rings. The number of hydrogen-bond donors (Lipinski definition) is 2. The predicted octanol–water partition coefficient (Wildman–Crippen LogP) is 0.487. The molecular weight excluding hydrogens is 242 g/mol. The number of amides is 2. The molecule has 2 rings (SSSR count). The summed E-state index contributed by atoms with van der Waals surface area (Å²) in [5.41, 5.74) is 6.08. The van der Waals surface area contributed by atoms with Gasteiger partial charge < -0.3 is 16.0 Å². The summed E-state index contributed by atoms with van der Waals surface area (Å²) in [4.78, 5) is 26.1. The van der Waals surface area contributed by atoms with Gasteiger partial charge in [0.1, 0.15) is 6.04 Å². The van der Waals surface area contributed by atoms with Crippen LogP contribution in [0.15, 0.2) is 0 Å². The molecular formula is C14H25N3O2. The van der Waals surface area contributed by atoms with Crippen molar-refractivity contribution in [3.63, 3.8) is 0 Å². The van der Waals surface area contributed by atoms with Gasteiger partial charge in [-0.2, -0.15) is 0 Å². The van der Waals surface area contributed by atoms with Gasteiger partial charge in [0.05, 0.1) is 0 Å². The van der Waals surface area contributed by atoms with Gasteiger partial charge in [-0.25, -0.2) is 0 Å². The van der Waals surface area contributed by atoms with Gasteiger partial charge in [0.25, 0.3) is 0 Å². The monoisotopic (exact) mass is 267 g/mol. The molecule has 0 aromatic rings. The minimum Gasteiger partial charge on any atom is -0.357 e. The number of nitrogens with two attached hydrogens (primary N) is 1. The number of carbonyl (C=O) groups excluding carboxylic acids is 2. The first-order valence-corrected chi connectivity index (χ1v) is 7.32. The average Bonchev–Trinajstić information content (AvgIpc) is 2.89. The number of nitrogens with one attached hydrogen (secondary N) is 1. The summed E-state index contributed by atoms with van der Waals surface area (Å²) in [6.45, 7) is 2.85. The molecule has 5 heteroatoms. The zero-order valence-corrected chi connectivity index (χ0v) is 11.9. The minimum atomic E-state index is -0.270. The zero-order valence-electron chi connectivity index (χ0n) is 11.9. The molecule has 4 atom stereocenters. The molecule has 5 nitrogen and oxygen atoms in total. The fourth-order valence-corrected chi connectivity index (χ4v) is 3.29. The van der Waals surface area contributed by atoms with E-state index in [0.717, 1.165) is 32.1 Å². The molecule has 0 aromatic carbocycles. The SMILES string of the molecule is CNC(=O)C1CCCN1C(=O)C1CCC(C)C(N)C1. The van der Waals surface area contributed by atoms with Gasteiger partial charge in [0.2, 0.25) is 11.8 Å². The highest BCUT2D eigenvalue weighted by molar-refractivity contribution is 5.89. The number of hydrogen-bond acceptors (Lipinski definition) is 3. The lowest BCUT2D eigenvalue weighted by Gasteiger charge is -2.34. The van der Waals surface area contributed by atoms with Crippen molar-refractivity contribution in [1.29, 1.82) is 0 Å². The fourth-order valence-electron chi connectivity index (χ4n) is 3.29.